The summed E-state index contributed by atoms with van der Waals surface area (Å²) in [5.41, 5.74) is 2.51. The van der Waals surface area contributed by atoms with Crippen LogP contribution in [0.2, 0.25) is 5.02 Å². The molecule has 0 amide bonds. The molecule has 2 aromatic rings. The molecule has 0 saturated carbocycles. The van der Waals surface area contributed by atoms with Crippen LogP contribution in [0.25, 0.3) is 0 Å². The van der Waals surface area contributed by atoms with Crippen LogP contribution in [0.3, 0.4) is 0 Å². The number of rotatable bonds is 3. The molecule has 3 nitrogen and oxygen atoms in total. The number of anilines is 1. The van der Waals surface area contributed by atoms with Gasteiger partial charge in [-0.3, -0.25) is 4.72 Å². The molecule has 1 N–H and O–H groups in total. The first-order valence-electron chi connectivity index (χ1n) is 7.74. The maximum atomic E-state index is 13.0. The van der Waals surface area contributed by atoms with Crippen molar-refractivity contribution in [1.82, 2.24) is 0 Å². The van der Waals surface area contributed by atoms with Gasteiger partial charge < -0.3 is 0 Å². The number of alkyl halides is 3. The predicted molar refractivity (Wildman–Crippen MR) is 97.4 cm³/mol. The highest BCUT2D eigenvalue weighted by Crippen LogP contribution is 2.37. The van der Waals surface area contributed by atoms with Crippen LogP contribution >= 0.6 is 11.6 Å². The van der Waals surface area contributed by atoms with Crippen molar-refractivity contribution in [2.24, 2.45) is 0 Å². The summed E-state index contributed by atoms with van der Waals surface area (Å²) in [7, 11) is -4.07. The summed E-state index contributed by atoms with van der Waals surface area (Å²) in [4.78, 5) is 0.0848. The second-order valence-corrected chi connectivity index (χ2v) is 8.28. The molecular weight excluding hydrogens is 387 g/mol. The highest BCUT2D eigenvalue weighted by Gasteiger charge is 2.34. The van der Waals surface area contributed by atoms with Crippen molar-refractivity contribution < 1.29 is 21.6 Å². The third kappa shape index (κ3) is 3.69. The molecule has 8 heteroatoms. The summed E-state index contributed by atoms with van der Waals surface area (Å²) in [5.74, 6) is 0. The number of sulfonamides is 1. The highest BCUT2D eigenvalue weighted by atomic mass is 35.5. The molecule has 0 spiro atoms. The van der Waals surface area contributed by atoms with Crippen LogP contribution in [0.5, 0.6) is 0 Å². The van der Waals surface area contributed by atoms with Gasteiger partial charge in [0.05, 0.1) is 15.5 Å². The Bertz CT molecular complexity index is 954. The quantitative estimate of drug-likeness (QED) is 0.711. The van der Waals surface area contributed by atoms with Gasteiger partial charge in [0.25, 0.3) is 10.0 Å². The molecule has 2 rings (SSSR count). The maximum absolute atomic E-state index is 13.0. The lowest BCUT2D eigenvalue weighted by molar-refractivity contribution is -0.137. The van der Waals surface area contributed by atoms with E-state index in [-0.39, 0.29) is 10.6 Å². The standard InChI is InChI=1S/C18H19ClF3NO2S/c1-9-10(2)12(4)17(13(5)11(9)3)26(24,25)23-14-6-7-16(19)15(8-14)18(20,21)22/h6-8,23H,1-5H3. The second-order valence-electron chi connectivity index (χ2n) is 6.25. The molecule has 0 aromatic heterocycles. The highest BCUT2D eigenvalue weighted by molar-refractivity contribution is 7.92. The van der Waals surface area contributed by atoms with Crippen molar-refractivity contribution in [1.29, 1.82) is 0 Å². The zero-order valence-corrected chi connectivity index (χ0v) is 16.5. The van der Waals surface area contributed by atoms with Crippen molar-refractivity contribution in [3.8, 4) is 0 Å². The smallest absolute Gasteiger partial charge is 0.280 e. The summed E-state index contributed by atoms with van der Waals surface area (Å²) in [6, 6.07) is 2.92. The van der Waals surface area contributed by atoms with Gasteiger partial charge in [-0.15, -0.1) is 0 Å². The summed E-state index contributed by atoms with van der Waals surface area (Å²) in [6.07, 6.45) is -4.68. The molecule has 0 heterocycles. The number of nitrogens with one attached hydrogen (secondary N) is 1. The molecule has 142 valence electrons. The van der Waals surface area contributed by atoms with Crippen molar-refractivity contribution in [2.75, 3.05) is 4.72 Å². The van der Waals surface area contributed by atoms with Gasteiger partial charge in [-0.05, 0) is 80.6 Å². The van der Waals surface area contributed by atoms with E-state index >= 15 is 0 Å². The predicted octanol–water partition coefficient (Wildman–Crippen LogP) is 5.70. The summed E-state index contributed by atoms with van der Waals surface area (Å²) >= 11 is 5.58. The van der Waals surface area contributed by atoms with E-state index < -0.39 is 26.8 Å². The maximum Gasteiger partial charge on any atom is 0.417 e. The second kappa shape index (κ2) is 6.78. The third-order valence-electron chi connectivity index (χ3n) is 4.72. The molecule has 0 saturated heterocycles. The largest absolute Gasteiger partial charge is 0.417 e. The van der Waals surface area contributed by atoms with Crippen LogP contribution in [0.15, 0.2) is 23.1 Å². The topological polar surface area (TPSA) is 46.2 Å². The number of halogens is 4. The first-order chi connectivity index (χ1) is 11.8. The molecule has 0 atom stereocenters. The van der Waals surface area contributed by atoms with Crippen LogP contribution in [0.1, 0.15) is 33.4 Å². The van der Waals surface area contributed by atoms with E-state index in [1.807, 2.05) is 20.8 Å². The van der Waals surface area contributed by atoms with Gasteiger partial charge >= 0.3 is 6.18 Å². The van der Waals surface area contributed by atoms with Gasteiger partial charge in [0.2, 0.25) is 0 Å². The van der Waals surface area contributed by atoms with Gasteiger partial charge in [0.15, 0.2) is 0 Å². The van der Waals surface area contributed by atoms with Crippen LogP contribution < -0.4 is 4.72 Å². The van der Waals surface area contributed by atoms with Crippen LogP contribution in [0, 0.1) is 34.6 Å². The van der Waals surface area contributed by atoms with E-state index in [9.17, 15) is 21.6 Å². The summed E-state index contributed by atoms with van der Waals surface area (Å²) in [5, 5.41) is -0.491. The average molecular weight is 406 g/mol. The Morgan fingerprint density at radius 1 is 0.885 bits per heavy atom. The minimum atomic E-state index is -4.68. The number of hydrogen-bond acceptors (Lipinski definition) is 2. The van der Waals surface area contributed by atoms with Gasteiger partial charge in [0.1, 0.15) is 0 Å². The molecule has 26 heavy (non-hydrogen) atoms. The molecule has 0 aliphatic rings. The lowest BCUT2D eigenvalue weighted by Crippen LogP contribution is -2.18. The Labute approximate surface area is 156 Å². The van der Waals surface area contributed by atoms with E-state index in [4.69, 9.17) is 11.6 Å². The Kier molecular flexibility index (Phi) is 5.36. The lowest BCUT2D eigenvalue weighted by Gasteiger charge is -2.20. The van der Waals surface area contributed by atoms with Gasteiger partial charge in [0, 0.05) is 5.69 Å². The van der Waals surface area contributed by atoms with Gasteiger partial charge in [-0.25, -0.2) is 8.42 Å². The van der Waals surface area contributed by atoms with Crippen LogP contribution in [-0.2, 0) is 16.2 Å². The number of benzene rings is 2. The van der Waals surface area contributed by atoms with E-state index in [1.54, 1.807) is 13.8 Å². The summed E-state index contributed by atoms with van der Waals surface area (Å²) in [6.45, 7) is 8.92. The monoisotopic (exact) mass is 405 g/mol. The summed E-state index contributed by atoms with van der Waals surface area (Å²) < 4.78 is 67.0. The average Bonchev–Trinajstić information content (AvgIpc) is 2.51. The Morgan fingerprint density at radius 3 is 1.81 bits per heavy atom. The van der Waals surface area contributed by atoms with Crippen molar-refractivity contribution >= 4 is 27.3 Å². The van der Waals surface area contributed by atoms with E-state index in [0.717, 1.165) is 22.8 Å². The molecule has 2 aromatic carbocycles. The first kappa shape index (κ1) is 20.6. The Hall–Kier alpha value is -1.73. The molecule has 0 bridgehead atoms. The zero-order chi connectivity index (χ0) is 20.0. The first-order valence-corrected chi connectivity index (χ1v) is 9.60. The van der Waals surface area contributed by atoms with Gasteiger partial charge in [-0.2, -0.15) is 13.2 Å². The normalized spacial score (nSPS) is 12.3. The lowest BCUT2D eigenvalue weighted by atomic mass is 9.95. The van der Waals surface area contributed by atoms with Crippen molar-refractivity contribution in [2.45, 2.75) is 45.7 Å². The molecular formula is C18H19ClF3NO2S. The molecule has 0 radical (unpaired) electrons. The fourth-order valence-corrected chi connectivity index (χ4v) is 4.76. The molecule has 0 aliphatic carbocycles. The fourth-order valence-electron chi connectivity index (χ4n) is 2.88. The van der Waals surface area contributed by atoms with Crippen LogP contribution in [0.4, 0.5) is 18.9 Å². The zero-order valence-electron chi connectivity index (χ0n) is 15.0. The Morgan fingerprint density at radius 2 is 1.35 bits per heavy atom. The fraction of sp³-hybridized carbons (Fsp3) is 0.333. The van der Waals surface area contributed by atoms with Crippen molar-refractivity contribution in [3.63, 3.8) is 0 Å². The molecule has 0 unspecified atom stereocenters. The third-order valence-corrected chi connectivity index (χ3v) is 6.71. The SMILES string of the molecule is Cc1c(C)c(C)c(S(=O)(=O)Nc2ccc(Cl)c(C(F)(F)F)c2)c(C)c1C. The van der Waals surface area contributed by atoms with Crippen LogP contribution in [-0.4, -0.2) is 8.42 Å². The van der Waals surface area contributed by atoms with Gasteiger partial charge in [-0.1, -0.05) is 11.6 Å². The molecule has 0 fully saturated rings. The minimum absolute atomic E-state index is 0.0848. The number of hydrogen-bond donors (Lipinski definition) is 1. The minimum Gasteiger partial charge on any atom is -0.280 e. The van der Waals surface area contributed by atoms with E-state index in [0.29, 0.717) is 17.2 Å². The van der Waals surface area contributed by atoms with E-state index in [1.165, 1.54) is 6.07 Å². The molecule has 0 aliphatic heterocycles. The van der Waals surface area contributed by atoms with Crippen molar-refractivity contribution in [3.05, 3.63) is 56.6 Å². The van der Waals surface area contributed by atoms with E-state index in [2.05, 4.69) is 4.72 Å². The Balaban J connectivity index is 2.59.